The lowest BCUT2D eigenvalue weighted by Gasteiger charge is -2.17. The lowest BCUT2D eigenvalue weighted by Crippen LogP contribution is -2.33. The number of nitrogens with zero attached hydrogens (tertiary/aromatic N) is 1. The van der Waals surface area contributed by atoms with Crippen molar-refractivity contribution in [3.05, 3.63) is 23.7 Å². The highest BCUT2D eigenvalue weighted by molar-refractivity contribution is 5.91. The number of carbonyl (C=O) groups excluding carboxylic acids is 1. The zero-order valence-corrected chi connectivity index (χ0v) is 8.49. The van der Waals surface area contributed by atoms with Gasteiger partial charge in [0.05, 0.1) is 6.61 Å². The van der Waals surface area contributed by atoms with E-state index in [1.54, 1.807) is 19.1 Å². The van der Waals surface area contributed by atoms with Gasteiger partial charge in [0, 0.05) is 13.1 Å². The van der Waals surface area contributed by atoms with E-state index < -0.39 is 0 Å². The molecule has 0 unspecified atom stereocenters. The van der Waals surface area contributed by atoms with Gasteiger partial charge in [-0.25, -0.2) is 0 Å². The molecule has 0 aliphatic carbocycles. The number of rotatable bonds is 4. The second kappa shape index (κ2) is 4.81. The van der Waals surface area contributed by atoms with Crippen molar-refractivity contribution >= 4 is 5.91 Å². The second-order valence-electron chi connectivity index (χ2n) is 3.02. The van der Waals surface area contributed by atoms with Gasteiger partial charge in [0.15, 0.2) is 5.76 Å². The first-order valence-corrected chi connectivity index (χ1v) is 4.65. The van der Waals surface area contributed by atoms with Gasteiger partial charge in [0.1, 0.15) is 5.76 Å². The summed E-state index contributed by atoms with van der Waals surface area (Å²) in [5, 5.41) is 8.74. The third-order valence-corrected chi connectivity index (χ3v) is 1.99. The molecule has 0 aliphatic rings. The van der Waals surface area contributed by atoms with Crippen LogP contribution in [0.4, 0.5) is 0 Å². The Balaban J connectivity index is 2.72. The minimum absolute atomic E-state index is 0.0285. The van der Waals surface area contributed by atoms with Crippen molar-refractivity contribution in [2.75, 3.05) is 19.7 Å². The maximum absolute atomic E-state index is 11.7. The quantitative estimate of drug-likeness (QED) is 0.784. The molecule has 78 valence electrons. The van der Waals surface area contributed by atoms with Crippen LogP contribution in [0.25, 0.3) is 0 Å². The number of aryl methyl sites for hydroxylation is 1. The molecule has 0 saturated heterocycles. The summed E-state index contributed by atoms with van der Waals surface area (Å²) in [6, 6.07) is 3.40. The summed E-state index contributed by atoms with van der Waals surface area (Å²) in [5.41, 5.74) is 0. The number of hydrogen-bond acceptors (Lipinski definition) is 3. The molecular formula is C10H15NO3. The summed E-state index contributed by atoms with van der Waals surface area (Å²) in [4.78, 5) is 13.2. The summed E-state index contributed by atoms with van der Waals surface area (Å²) in [6.07, 6.45) is 0. The molecule has 0 fully saturated rings. The molecular weight excluding hydrogens is 182 g/mol. The molecule has 1 N–H and O–H groups in total. The lowest BCUT2D eigenvalue weighted by molar-refractivity contribution is 0.0699. The lowest BCUT2D eigenvalue weighted by atomic mass is 10.3. The molecule has 1 rings (SSSR count). The van der Waals surface area contributed by atoms with Crippen molar-refractivity contribution in [1.82, 2.24) is 4.90 Å². The van der Waals surface area contributed by atoms with E-state index in [0.717, 1.165) is 0 Å². The van der Waals surface area contributed by atoms with Gasteiger partial charge in [-0.3, -0.25) is 4.79 Å². The van der Waals surface area contributed by atoms with Gasteiger partial charge in [-0.1, -0.05) is 0 Å². The molecule has 4 heteroatoms. The van der Waals surface area contributed by atoms with E-state index in [1.807, 2.05) is 6.92 Å². The summed E-state index contributed by atoms with van der Waals surface area (Å²) >= 11 is 0. The van der Waals surface area contributed by atoms with Crippen molar-refractivity contribution in [3.63, 3.8) is 0 Å². The molecule has 0 aromatic carbocycles. The zero-order valence-electron chi connectivity index (χ0n) is 8.49. The van der Waals surface area contributed by atoms with E-state index in [4.69, 9.17) is 9.52 Å². The van der Waals surface area contributed by atoms with Gasteiger partial charge in [-0.15, -0.1) is 0 Å². The van der Waals surface area contributed by atoms with Crippen molar-refractivity contribution in [1.29, 1.82) is 0 Å². The van der Waals surface area contributed by atoms with Crippen LogP contribution in [-0.4, -0.2) is 35.6 Å². The average Bonchev–Trinajstić information content (AvgIpc) is 2.60. The van der Waals surface area contributed by atoms with Crippen LogP contribution >= 0.6 is 0 Å². The van der Waals surface area contributed by atoms with E-state index in [9.17, 15) is 4.79 Å². The molecule has 1 heterocycles. The van der Waals surface area contributed by atoms with Crippen LogP contribution in [0, 0.1) is 6.92 Å². The molecule has 0 spiro atoms. The van der Waals surface area contributed by atoms with Gasteiger partial charge >= 0.3 is 0 Å². The molecule has 14 heavy (non-hydrogen) atoms. The van der Waals surface area contributed by atoms with E-state index in [0.29, 0.717) is 24.6 Å². The highest BCUT2D eigenvalue weighted by atomic mass is 16.3. The molecule has 1 aromatic rings. The van der Waals surface area contributed by atoms with Gasteiger partial charge < -0.3 is 14.4 Å². The Kier molecular flexibility index (Phi) is 3.71. The van der Waals surface area contributed by atoms with Crippen molar-refractivity contribution in [2.45, 2.75) is 13.8 Å². The van der Waals surface area contributed by atoms with Crippen LogP contribution in [0.5, 0.6) is 0 Å². The van der Waals surface area contributed by atoms with Gasteiger partial charge in [0.25, 0.3) is 5.91 Å². The van der Waals surface area contributed by atoms with Crippen LogP contribution in [0.2, 0.25) is 0 Å². The van der Waals surface area contributed by atoms with Crippen LogP contribution in [0.1, 0.15) is 23.2 Å². The van der Waals surface area contributed by atoms with Crippen LogP contribution in [0.15, 0.2) is 16.5 Å². The maximum atomic E-state index is 11.7. The van der Waals surface area contributed by atoms with Gasteiger partial charge in [-0.05, 0) is 26.0 Å². The highest BCUT2D eigenvalue weighted by Crippen LogP contribution is 2.09. The number of carbonyl (C=O) groups is 1. The fourth-order valence-electron chi connectivity index (χ4n) is 1.23. The molecule has 1 amide bonds. The minimum atomic E-state index is -0.172. The highest BCUT2D eigenvalue weighted by Gasteiger charge is 2.16. The number of hydrogen-bond donors (Lipinski definition) is 1. The predicted molar refractivity (Wildman–Crippen MR) is 52.1 cm³/mol. The molecule has 0 aliphatic heterocycles. The zero-order chi connectivity index (χ0) is 10.6. The molecule has 0 saturated carbocycles. The second-order valence-corrected chi connectivity index (χ2v) is 3.02. The summed E-state index contributed by atoms with van der Waals surface area (Å²) in [7, 11) is 0. The Bertz CT molecular complexity index is 306. The van der Waals surface area contributed by atoms with Crippen LogP contribution in [-0.2, 0) is 0 Å². The largest absolute Gasteiger partial charge is 0.456 e. The predicted octanol–water partition coefficient (Wildman–Crippen LogP) is 1.04. The number of furan rings is 1. The number of aliphatic hydroxyl groups is 1. The Labute approximate surface area is 83.1 Å². The summed E-state index contributed by atoms with van der Waals surface area (Å²) in [6.45, 7) is 4.54. The van der Waals surface area contributed by atoms with Crippen LogP contribution in [0.3, 0.4) is 0 Å². The number of aliphatic hydroxyl groups excluding tert-OH is 1. The third kappa shape index (κ3) is 2.35. The van der Waals surface area contributed by atoms with E-state index in [1.165, 1.54) is 4.90 Å². The fourth-order valence-corrected chi connectivity index (χ4v) is 1.23. The van der Waals surface area contributed by atoms with Gasteiger partial charge in [0.2, 0.25) is 0 Å². The average molecular weight is 197 g/mol. The summed E-state index contributed by atoms with van der Waals surface area (Å²) < 4.78 is 5.20. The Hall–Kier alpha value is -1.29. The molecule has 0 radical (unpaired) electrons. The Morgan fingerprint density at radius 3 is 2.71 bits per heavy atom. The SMILES string of the molecule is CCN(CCO)C(=O)c1ccc(C)o1. The minimum Gasteiger partial charge on any atom is -0.456 e. The van der Waals surface area contributed by atoms with Crippen molar-refractivity contribution < 1.29 is 14.3 Å². The Morgan fingerprint density at radius 2 is 2.29 bits per heavy atom. The van der Waals surface area contributed by atoms with Crippen molar-refractivity contribution in [2.24, 2.45) is 0 Å². The number of amides is 1. The van der Waals surface area contributed by atoms with Gasteiger partial charge in [-0.2, -0.15) is 0 Å². The summed E-state index contributed by atoms with van der Waals surface area (Å²) in [5.74, 6) is 0.876. The normalized spacial score (nSPS) is 10.2. The fraction of sp³-hybridized carbons (Fsp3) is 0.500. The first kappa shape index (κ1) is 10.8. The molecule has 0 bridgehead atoms. The molecule has 1 aromatic heterocycles. The topological polar surface area (TPSA) is 53.7 Å². The molecule has 4 nitrogen and oxygen atoms in total. The third-order valence-electron chi connectivity index (χ3n) is 1.99. The maximum Gasteiger partial charge on any atom is 0.289 e. The number of likely N-dealkylation sites (N-methyl/N-ethyl adjacent to an activating group) is 1. The first-order valence-electron chi connectivity index (χ1n) is 4.65. The smallest absolute Gasteiger partial charge is 0.289 e. The molecule has 0 atom stereocenters. The standard InChI is InChI=1S/C10H15NO3/c1-3-11(6-7-12)10(13)9-5-4-8(2)14-9/h4-5,12H,3,6-7H2,1-2H3. The van der Waals surface area contributed by atoms with Crippen molar-refractivity contribution in [3.8, 4) is 0 Å². The van der Waals surface area contributed by atoms with Crippen LogP contribution < -0.4 is 0 Å². The van der Waals surface area contributed by atoms with E-state index in [2.05, 4.69) is 0 Å². The van der Waals surface area contributed by atoms with E-state index in [-0.39, 0.29) is 12.5 Å². The monoisotopic (exact) mass is 197 g/mol. The Morgan fingerprint density at radius 1 is 1.57 bits per heavy atom. The first-order chi connectivity index (χ1) is 6.69. The van der Waals surface area contributed by atoms with E-state index >= 15 is 0 Å².